The van der Waals surface area contributed by atoms with Crippen LogP contribution in [0.5, 0.6) is 0 Å². The first kappa shape index (κ1) is 15.8. The van der Waals surface area contributed by atoms with E-state index in [4.69, 9.17) is 4.74 Å². The Morgan fingerprint density at radius 1 is 1.20 bits per heavy atom. The highest BCUT2D eigenvalue weighted by atomic mass is 16.5. The normalized spacial score (nSPS) is 27.5. The molecule has 116 valence electrons. The lowest BCUT2D eigenvalue weighted by atomic mass is 9.78. The molecule has 2 aliphatic rings. The molecule has 1 amide bonds. The first-order valence-corrected chi connectivity index (χ1v) is 8.21. The van der Waals surface area contributed by atoms with Crippen molar-refractivity contribution in [2.45, 2.75) is 89.4 Å². The van der Waals surface area contributed by atoms with Crippen LogP contribution in [0, 0.1) is 0 Å². The van der Waals surface area contributed by atoms with E-state index in [1.165, 1.54) is 32.1 Å². The van der Waals surface area contributed by atoms with Crippen molar-refractivity contribution in [1.82, 2.24) is 10.6 Å². The molecule has 2 unspecified atom stereocenters. The molecule has 1 spiro atoms. The van der Waals surface area contributed by atoms with Crippen molar-refractivity contribution in [2.75, 3.05) is 6.61 Å². The van der Waals surface area contributed by atoms with Crippen molar-refractivity contribution >= 4 is 5.91 Å². The first-order chi connectivity index (χ1) is 9.51. The summed E-state index contributed by atoms with van der Waals surface area (Å²) in [5, 5.41) is 6.47. The molecule has 0 aromatic rings. The summed E-state index contributed by atoms with van der Waals surface area (Å²) >= 11 is 0. The summed E-state index contributed by atoms with van der Waals surface area (Å²) < 4.78 is 6.10. The molecule has 2 N–H and O–H groups in total. The number of carbonyl (C=O) groups excluding carboxylic acids is 1. The molecule has 2 rings (SSSR count). The van der Waals surface area contributed by atoms with Crippen LogP contribution in [0.15, 0.2) is 0 Å². The highest BCUT2D eigenvalue weighted by Crippen LogP contribution is 2.38. The molecule has 1 aliphatic heterocycles. The molecule has 4 nitrogen and oxygen atoms in total. The van der Waals surface area contributed by atoms with Gasteiger partial charge >= 0.3 is 0 Å². The Balaban J connectivity index is 1.84. The smallest absolute Gasteiger partial charge is 0.237 e. The lowest BCUT2D eigenvalue weighted by molar-refractivity contribution is -0.126. The fraction of sp³-hybridized carbons (Fsp3) is 0.938. The molecule has 0 aromatic heterocycles. The Morgan fingerprint density at radius 2 is 1.90 bits per heavy atom. The second-order valence-corrected chi connectivity index (χ2v) is 6.83. The van der Waals surface area contributed by atoms with Gasteiger partial charge in [-0.15, -0.1) is 0 Å². The van der Waals surface area contributed by atoms with Gasteiger partial charge in [-0.05, 0) is 46.5 Å². The summed E-state index contributed by atoms with van der Waals surface area (Å²) in [5.74, 6) is 0.101. The number of carbonyl (C=O) groups is 1. The van der Waals surface area contributed by atoms with Gasteiger partial charge in [-0.25, -0.2) is 0 Å². The molecule has 1 saturated carbocycles. The van der Waals surface area contributed by atoms with E-state index in [0.717, 1.165) is 19.4 Å². The fourth-order valence-electron chi connectivity index (χ4n) is 3.55. The quantitative estimate of drug-likeness (QED) is 0.832. The predicted molar refractivity (Wildman–Crippen MR) is 80.7 cm³/mol. The van der Waals surface area contributed by atoms with E-state index >= 15 is 0 Å². The molecule has 1 saturated heterocycles. The fourth-order valence-corrected chi connectivity index (χ4v) is 3.55. The van der Waals surface area contributed by atoms with E-state index in [9.17, 15) is 4.79 Å². The van der Waals surface area contributed by atoms with E-state index in [0.29, 0.717) is 6.04 Å². The molecular weight excluding hydrogens is 252 g/mol. The second-order valence-electron chi connectivity index (χ2n) is 6.83. The van der Waals surface area contributed by atoms with Crippen LogP contribution in [0.25, 0.3) is 0 Å². The molecular formula is C16H30N2O2. The summed E-state index contributed by atoms with van der Waals surface area (Å²) in [6.45, 7) is 6.78. The van der Waals surface area contributed by atoms with E-state index < -0.39 is 0 Å². The van der Waals surface area contributed by atoms with Crippen LogP contribution >= 0.6 is 0 Å². The molecule has 1 heterocycles. The van der Waals surface area contributed by atoms with Gasteiger partial charge in [0.25, 0.3) is 0 Å². The lowest BCUT2D eigenvalue weighted by Gasteiger charge is -2.44. The van der Waals surface area contributed by atoms with Crippen LogP contribution in [0.4, 0.5) is 0 Å². The van der Waals surface area contributed by atoms with Crippen molar-refractivity contribution < 1.29 is 9.53 Å². The number of rotatable bonds is 4. The Bertz CT molecular complexity index is 319. The largest absolute Gasteiger partial charge is 0.375 e. The predicted octanol–water partition coefficient (Wildman–Crippen LogP) is 2.37. The van der Waals surface area contributed by atoms with Gasteiger partial charge in [0, 0.05) is 18.7 Å². The van der Waals surface area contributed by atoms with Gasteiger partial charge in [-0.3, -0.25) is 4.79 Å². The standard InChI is InChI=1S/C16H30N2O2/c1-12(2)17-15(19)13(3)18-14-7-10-20-16(11-14)8-5-4-6-9-16/h12-14,18H,4-11H2,1-3H3,(H,17,19). The third-order valence-electron chi connectivity index (χ3n) is 4.57. The highest BCUT2D eigenvalue weighted by Gasteiger charge is 2.38. The van der Waals surface area contributed by atoms with E-state index in [1.54, 1.807) is 0 Å². The maximum absolute atomic E-state index is 12.0. The molecule has 4 heteroatoms. The molecule has 20 heavy (non-hydrogen) atoms. The van der Waals surface area contributed by atoms with E-state index in [2.05, 4.69) is 10.6 Å². The van der Waals surface area contributed by atoms with E-state index in [-0.39, 0.29) is 23.6 Å². The Hall–Kier alpha value is -0.610. The zero-order valence-corrected chi connectivity index (χ0v) is 13.2. The van der Waals surface area contributed by atoms with Crippen molar-refractivity contribution in [2.24, 2.45) is 0 Å². The van der Waals surface area contributed by atoms with Crippen molar-refractivity contribution in [3.8, 4) is 0 Å². The number of ether oxygens (including phenoxy) is 1. The Kier molecular flexibility index (Phi) is 5.44. The van der Waals surface area contributed by atoms with Gasteiger partial charge in [0.15, 0.2) is 0 Å². The molecule has 1 aliphatic carbocycles. The van der Waals surface area contributed by atoms with Gasteiger partial charge in [0.05, 0.1) is 11.6 Å². The van der Waals surface area contributed by atoms with E-state index in [1.807, 2.05) is 20.8 Å². The molecule has 0 bridgehead atoms. The summed E-state index contributed by atoms with van der Waals surface area (Å²) in [4.78, 5) is 12.0. The number of nitrogens with one attached hydrogen (secondary N) is 2. The summed E-state index contributed by atoms with van der Waals surface area (Å²) in [6.07, 6.45) is 8.38. The van der Waals surface area contributed by atoms with Crippen LogP contribution in [-0.2, 0) is 9.53 Å². The van der Waals surface area contributed by atoms with Crippen LogP contribution in [0.3, 0.4) is 0 Å². The lowest BCUT2D eigenvalue weighted by Crippen LogP contribution is -2.53. The van der Waals surface area contributed by atoms with Gasteiger partial charge in [-0.2, -0.15) is 0 Å². The SMILES string of the molecule is CC(C)NC(=O)C(C)NC1CCOC2(CCCCC2)C1. The topological polar surface area (TPSA) is 50.4 Å². The third kappa shape index (κ3) is 4.19. The van der Waals surface area contributed by atoms with Crippen LogP contribution in [-0.4, -0.2) is 36.2 Å². The van der Waals surface area contributed by atoms with Crippen molar-refractivity contribution in [1.29, 1.82) is 0 Å². The minimum atomic E-state index is -0.124. The average molecular weight is 282 g/mol. The van der Waals surface area contributed by atoms with Crippen molar-refractivity contribution in [3.63, 3.8) is 0 Å². The first-order valence-electron chi connectivity index (χ1n) is 8.21. The minimum absolute atomic E-state index is 0.0996. The number of hydrogen-bond donors (Lipinski definition) is 2. The number of hydrogen-bond acceptors (Lipinski definition) is 3. The molecule has 2 atom stereocenters. The maximum Gasteiger partial charge on any atom is 0.237 e. The number of amides is 1. The average Bonchev–Trinajstić information content (AvgIpc) is 2.38. The molecule has 2 fully saturated rings. The molecule has 0 radical (unpaired) electrons. The summed E-state index contributed by atoms with van der Waals surface area (Å²) in [7, 11) is 0. The minimum Gasteiger partial charge on any atom is -0.375 e. The maximum atomic E-state index is 12.0. The summed E-state index contributed by atoms with van der Waals surface area (Å²) in [5.41, 5.74) is 0.0996. The van der Waals surface area contributed by atoms with Crippen molar-refractivity contribution in [3.05, 3.63) is 0 Å². The zero-order valence-electron chi connectivity index (χ0n) is 13.2. The van der Waals surface area contributed by atoms with Crippen LogP contribution in [0.1, 0.15) is 65.7 Å². The monoisotopic (exact) mass is 282 g/mol. The van der Waals surface area contributed by atoms with Gasteiger partial charge in [-0.1, -0.05) is 19.3 Å². The van der Waals surface area contributed by atoms with Crippen LogP contribution < -0.4 is 10.6 Å². The highest BCUT2D eigenvalue weighted by molar-refractivity contribution is 5.81. The van der Waals surface area contributed by atoms with Gasteiger partial charge < -0.3 is 15.4 Å². The zero-order chi connectivity index (χ0) is 14.6. The molecule has 0 aromatic carbocycles. The van der Waals surface area contributed by atoms with Gasteiger partial charge in [0.2, 0.25) is 5.91 Å². The second kappa shape index (κ2) is 6.90. The third-order valence-corrected chi connectivity index (χ3v) is 4.57. The summed E-state index contributed by atoms with van der Waals surface area (Å²) in [6, 6.07) is 0.488. The Morgan fingerprint density at radius 3 is 2.55 bits per heavy atom. The van der Waals surface area contributed by atoms with Crippen LogP contribution in [0.2, 0.25) is 0 Å². The van der Waals surface area contributed by atoms with Gasteiger partial charge in [0.1, 0.15) is 0 Å². The Labute approximate surface area is 123 Å².